The second kappa shape index (κ2) is 7.96. The fourth-order valence-electron chi connectivity index (χ4n) is 2.93. The Morgan fingerprint density at radius 3 is 2.44 bits per heavy atom. The summed E-state index contributed by atoms with van der Waals surface area (Å²) in [5.74, 6) is 0.165. The Labute approximate surface area is 176 Å². The summed E-state index contributed by atoms with van der Waals surface area (Å²) in [4.78, 5) is 26.6. The van der Waals surface area contributed by atoms with Gasteiger partial charge in [-0.1, -0.05) is 46.9 Å². The molecule has 0 bridgehead atoms. The number of carbonyl (C=O) groups excluding carboxylic acids is 2. The van der Waals surface area contributed by atoms with Gasteiger partial charge in [-0.05, 0) is 12.1 Å². The number of alkyl halides is 3. The third kappa shape index (κ3) is 4.33. The number of thioether (sulfide) groups is 1. The number of benzene rings is 1. The molecule has 0 unspecified atom stereocenters. The normalized spacial score (nSPS) is 21.0. The summed E-state index contributed by atoms with van der Waals surface area (Å²) in [5, 5.41) is 2.56. The molecule has 2 aliphatic rings. The minimum atomic E-state index is -4.08. The van der Waals surface area contributed by atoms with Crippen LogP contribution in [0.4, 0.5) is 0 Å². The Morgan fingerprint density at radius 2 is 1.85 bits per heavy atom. The Bertz CT molecular complexity index is 854. The molecule has 2 heterocycles. The van der Waals surface area contributed by atoms with Crippen molar-refractivity contribution in [2.24, 2.45) is 0 Å². The molecule has 1 fully saturated rings. The van der Waals surface area contributed by atoms with Crippen molar-refractivity contribution in [3.8, 4) is 0 Å². The summed E-state index contributed by atoms with van der Waals surface area (Å²) in [5.41, 5.74) is 0.0382. The molecule has 1 N–H and O–H groups in total. The molecule has 0 aromatic heterocycles. The zero-order valence-electron chi connectivity index (χ0n) is 13.9. The van der Waals surface area contributed by atoms with Crippen LogP contribution in [0.3, 0.4) is 0 Å². The predicted molar refractivity (Wildman–Crippen MR) is 106 cm³/mol. The van der Waals surface area contributed by atoms with Gasteiger partial charge in [0.05, 0.1) is 5.56 Å². The van der Waals surface area contributed by atoms with Crippen molar-refractivity contribution in [1.29, 1.82) is 0 Å². The summed E-state index contributed by atoms with van der Waals surface area (Å²) in [6.07, 6.45) is -0.932. The molecule has 0 saturated carbocycles. The number of nitrogens with zero attached hydrogens (tertiary/aromatic N) is 2. The lowest BCUT2D eigenvalue weighted by molar-refractivity contribution is -0.123. The maximum absolute atomic E-state index is 12.5. The van der Waals surface area contributed by atoms with Gasteiger partial charge in [-0.3, -0.25) is 14.5 Å². The van der Waals surface area contributed by atoms with Gasteiger partial charge >= 0.3 is 0 Å². The molecule has 3 rings (SSSR count). The lowest BCUT2D eigenvalue weighted by Crippen LogP contribution is -2.59. The summed E-state index contributed by atoms with van der Waals surface area (Å²) in [6, 6.07) is 5.81. The number of carbonyl (C=O) groups is 2. The monoisotopic (exact) mass is 471 g/mol. The minimum Gasteiger partial charge on any atom is -0.335 e. The highest BCUT2D eigenvalue weighted by Gasteiger charge is 2.43. The number of nitrogens with one attached hydrogen (secondary N) is 1. The van der Waals surface area contributed by atoms with E-state index < -0.39 is 38.3 Å². The molecule has 1 aromatic rings. The predicted octanol–water partition coefficient (Wildman–Crippen LogP) is 1.69. The number of rotatable bonds is 4. The lowest BCUT2D eigenvalue weighted by atomic mass is 10.2. The first kappa shape index (κ1) is 21.0. The van der Waals surface area contributed by atoms with Crippen molar-refractivity contribution in [2.45, 2.75) is 14.9 Å². The largest absolute Gasteiger partial charge is 0.335 e. The van der Waals surface area contributed by atoms with Crippen LogP contribution in [0.25, 0.3) is 0 Å². The summed E-state index contributed by atoms with van der Waals surface area (Å²) >= 11 is 19.8. The first-order valence-electron chi connectivity index (χ1n) is 7.96. The van der Waals surface area contributed by atoms with Crippen LogP contribution in [0.1, 0.15) is 10.4 Å². The minimum absolute atomic E-state index is 0.0382. The topological polar surface area (TPSA) is 86.8 Å². The van der Waals surface area contributed by atoms with Gasteiger partial charge in [-0.15, -0.1) is 0 Å². The molecular formula is C15H16Cl3N3O4S2. The molecule has 12 heteroatoms. The fourth-order valence-corrected chi connectivity index (χ4v) is 5.97. The van der Waals surface area contributed by atoms with Gasteiger partial charge in [0.2, 0.25) is 9.70 Å². The van der Waals surface area contributed by atoms with Gasteiger partial charge in [-0.2, -0.15) is 11.8 Å². The second-order valence-electron chi connectivity index (χ2n) is 5.97. The summed E-state index contributed by atoms with van der Waals surface area (Å²) in [6.45, 7) is 0.529. The van der Waals surface area contributed by atoms with Crippen molar-refractivity contribution in [2.75, 3.05) is 31.1 Å². The molecule has 0 spiro atoms. The number of amides is 2. The Balaban J connectivity index is 1.76. The van der Waals surface area contributed by atoms with Crippen LogP contribution in [-0.4, -0.2) is 70.5 Å². The number of fused-ring (bicyclic) bond motifs is 1. The van der Waals surface area contributed by atoms with E-state index in [9.17, 15) is 18.0 Å². The van der Waals surface area contributed by atoms with Crippen LogP contribution in [0.2, 0.25) is 0 Å². The van der Waals surface area contributed by atoms with E-state index in [4.69, 9.17) is 34.8 Å². The molecule has 148 valence electrons. The molecule has 1 saturated heterocycles. The van der Waals surface area contributed by atoms with Gasteiger partial charge in [0, 0.05) is 24.6 Å². The van der Waals surface area contributed by atoms with E-state index in [2.05, 4.69) is 5.32 Å². The van der Waals surface area contributed by atoms with Crippen LogP contribution >= 0.6 is 46.6 Å². The van der Waals surface area contributed by atoms with Crippen molar-refractivity contribution >= 4 is 68.4 Å². The van der Waals surface area contributed by atoms with Gasteiger partial charge in [-0.25, -0.2) is 12.7 Å². The van der Waals surface area contributed by atoms with Gasteiger partial charge in [0.25, 0.3) is 15.9 Å². The van der Waals surface area contributed by atoms with Crippen LogP contribution in [0.5, 0.6) is 0 Å². The van der Waals surface area contributed by atoms with Crippen LogP contribution < -0.4 is 5.32 Å². The zero-order chi connectivity index (χ0) is 19.8. The SMILES string of the molecule is O=C(CN1C(=O)c2ccccc2S1(=O)=O)N[C@@H](N1CCSCC1)C(Cl)(Cl)Cl. The van der Waals surface area contributed by atoms with Crippen LogP contribution in [0, 0.1) is 0 Å². The molecule has 0 radical (unpaired) electrons. The number of sulfonamides is 1. The molecule has 2 amide bonds. The van der Waals surface area contributed by atoms with Crippen molar-refractivity contribution in [1.82, 2.24) is 14.5 Å². The van der Waals surface area contributed by atoms with Gasteiger partial charge in [0.1, 0.15) is 17.6 Å². The van der Waals surface area contributed by atoms with Gasteiger partial charge in [0.15, 0.2) is 0 Å². The van der Waals surface area contributed by atoms with E-state index >= 15 is 0 Å². The molecule has 2 aliphatic heterocycles. The summed E-state index contributed by atoms with van der Waals surface area (Å²) < 4.78 is 23.8. The van der Waals surface area contributed by atoms with E-state index in [1.54, 1.807) is 17.8 Å². The van der Waals surface area contributed by atoms with Crippen molar-refractivity contribution in [3.63, 3.8) is 0 Å². The molecule has 1 atom stereocenters. The third-order valence-corrected chi connectivity index (χ3v) is 7.57. The van der Waals surface area contributed by atoms with E-state index in [1.807, 2.05) is 4.90 Å². The maximum atomic E-state index is 12.5. The standard InChI is InChI=1S/C15H16Cl3N3O4S2/c16-15(17,18)14(20-5-7-26-8-6-20)19-12(22)9-21-13(23)10-3-1-2-4-11(10)27(21,24)25/h1-4,14H,5-9H2,(H,19,22)/t14-/m0/s1. The Morgan fingerprint density at radius 1 is 1.22 bits per heavy atom. The smallest absolute Gasteiger partial charge is 0.269 e. The molecular weight excluding hydrogens is 457 g/mol. The van der Waals surface area contributed by atoms with E-state index in [-0.39, 0.29) is 10.5 Å². The van der Waals surface area contributed by atoms with Crippen LogP contribution in [-0.2, 0) is 14.8 Å². The quantitative estimate of drug-likeness (QED) is 0.671. The highest BCUT2D eigenvalue weighted by Crippen LogP contribution is 2.34. The average Bonchev–Trinajstić information content (AvgIpc) is 2.81. The maximum Gasteiger partial charge on any atom is 0.269 e. The summed E-state index contributed by atoms with van der Waals surface area (Å²) in [7, 11) is -4.08. The van der Waals surface area contributed by atoms with Crippen molar-refractivity contribution < 1.29 is 18.0 Å². The zero-order valence-corrected chi connectivity index (χ0v) is 17.8. The molecule has 0 aliphatic carbocycles. The number of halogens is 3. The Hall–Kier alpha value is -0.710. The highest BCUT2D eigenvalue weighted by molar-refractivity contribution is 7.99. The molecule has 27 heavy (non-hydrogen) atoms. The number of hydrogen-bond donors (Lipinski definition) is 1. The van der Waals surface area contributed by atoms with Crippen LogP contribution in [0.15, 0.2) is 29.2 Å². The van der Waals surface area contributed by atoms with E-state index in [0.29, 0.717) is 17.4 Å². The Kier molecular flexibility index (Phi) is 6.20. The average molecular weight is 473 g/mol. The second-order valence-corrected chi connectivity index (χ2v) is 11.4. The van der Waals surface area contributed by atoms with E-state index in [0.717, 1.165) is 11.5 Å². The lowest BCUT2D eigenvalue weighted by Gasteiger charge is -2.38. The highest BCUT2D eigenvalue weighted by atomic mass is 35.6. The van der Waals surface area contributed by atoms with Crippen molar-refractivity contribution in [3.05, 3.63) is 29.8 Å². The number of hydrogen-bond acceptors (Lipinski definition) is 6. The molecule has 1 aromatic carbocycles. The van der Waals surface area contributed by atoms with E-state index in [1.165, 1.54) is 18.2 Å². The first-order valence-corrected chi connectivity index (χ1v) is 11.7. The fraction of sp³-hybridized carbons (Fsp3) is 0.467. The van der Waals surface area contributed by atoms with Gasteiger partial charge < -0.3 is 5.32 Å². The molecule has 7 nitrogen and oxygen atoms in total. The first-order chi connectivity index (χ1) is 12.6. The third-order valence-electron chi connectivity index (χ3n) is 4.22.